The van der Waals surface area contributed by atoms with Crippen molar-refractivity contribution in [3.63, 3.8) is 0 Å². The summed E-state index contributed by atoms with van der Waals surface area (Å²) in [6, 6.07) is 16.4. The molecule has 1 N–H and O–H groups in total. The predicted octanol–water partition coefficient (Wildman–Crippen LogP) is 4.18. The number of fused-ring (bicyclic) bond motifs is 1. The minimum Gasteiger partial charge on any atom is -0.378 e. The number of carbonyl (C=O) groups excluding carboxylic acids is 1. The molecule has 1 aliphatic rings. The van der Waals surface area contributed by atoms with Gasteiger partial charge in [-0.2, -0.15) is 0 Å². The van der Waals surface area contributed by atoms with Crippen molar-refractivity contribution in [2.45, 2.75) is 25.0 Å². The first-order valence-electron chi connectivity index (χ1n) is 11.3. The number of nitrogens with zero attached hydrogens (tertiary/aromatic N) is 4. The molecule has 3 heterocycles. The average Bonchev–Trinajstić information content (AvgIpc) is 3.48. The molecule has 33 heavy (non-hydrogen) atoms. The molecule has 8 heteroatoms. The molecule has 0 amide bonds. The second-order valence-corrected chi connectivity index (χ2v) is 9.00. The molecule has 0 aliphatic carbocycles. The maximum atomic E-state index is 13.1. The summed E-state index contributed by atoms with van der Waals surface area (Å²) in [5.74, 6) is 1.22. The maximum absolute atomic E-state index is 13.1. The van der Waals surface area contributed by atoms with E-state index < -0.39 is 0 Å². The third-order valence-corrected chi connectivity index (χ3v) is 6.96. The molecular weight excluding hydrogens is 434 g/mol. The summed E-state index contributed by atoms with van der Waals surface area (Å²) in [7, 11) is 0. The molecule has 170 valence electrons. The monoisotopic (exact) mass is 461 g/mol. The number of Topliss-reactive ketones (excluding diaryl/α,β-unsaturated/α-hetero) is 1. The Morgan fingerprint density at radius 2 is 1.91 bits per heavy atom. The Bertz CT molecular complexity index is 1240. The minimum absolute atomic E-state index is 0.0849. The lowest BCUT2D eigenvalue weighted by atomic mass is 10.1. The Labute approximate surface area is 197 Å². The molecule has 1 fully saturated rings. The number of thioether (sulfide) groups is 1. The maximum Gasteiger partial charge on any atom is 0.228 e. The summed E-state index contributed by atoms with van der Waals surface area (Å²) in [4.78, 5) is 18.6. The third-order valence-electron chi connectivity index (χ3n) is 5.99. The van der Waals surface area contributed by atoms with Crippen LogP contribution in [0.3, 0.4) is 0 Å². The Kier molecular flexibility index (Phi) is 6.46. The molecule has 1 aliphatic heterocycles. The van der Waals surface area contributed by atoms with Crippen LogP contribution in [0.4, 0.5) is 5.95 Å². The van der Waals surface area contributed by atoms with Crippen molar-refractivity contribution in [2.75, 3.05) is 37.0 Å². The van der Waals surface area contributed by atoms with E-state index in [-0.39, 0.29) is 5.78 Å². The first kappa shape index (κ1) is 21.7. The number of nitrogens with one attached hydrogen (secondary N) is 1. The van der Waals surface area contributed by atoms with E-state index in [1.165, 1.54) is 22.9 Å². The largest absolute Gasteiger partial charge is 0.378 e. The number of carbonyl (C=O) groups is 1. The molecule has 0 unspecified atom stereocenters. The van der Waals surface area contributed by atoms with Crippen LogP contribution in [0.1, 0.15) is 28.4 Å². The zero-order chi connectivity index (χ0) is 22.6. The lowest BCUT2D eigenvalue weighted by Crippen LogP contribution is -2.38. The standard InChI is InChI=1S/C25H27N5O2S/c1-2-19-9-6-10-20-21(15-26-23(19)20)22(31)17-33-25-28-27-24(29-11-13-32-14-12-29)30(25)16-18-7-4-3-5-8-18/h3-10,15,26H,2,11-14,16-17H2,1H3. The van der Waals surface area contributed by atoms with Crippen molar-refractivity contribution in [1.82, 2.24) is 19.7 Å². The summed E-state index contributed by atoms with van der Waals surface area (Å²) in [6.45, 7) is 5.71. The highest BCUT2D eigenvalue weighted by Gasteiger charge is 2.22. The molecule has 2 aromatic carbocycles. The normalized spacial score (nSPS) is 14.2. The molecule has 5 rings (SSSR count). The van der Waals surface area contributed by atoms with Gasteiger partial charge in [0.2, 0.25) is 5.95 Å². The van der Waals surface area contributed by atoms with Crippen molar-refractivity contribution in [3.05, 3.63) is 71.4 Å². The second-order valence-electron chi connectivity index (χ2n) is 8.06. The Morgan fingerprint density at radius 1 is 1.09 bits per heavy atom. The van der Waals surface area contributed by atoms with Crippen LogP contribution >= 0.6 is 11.8 Å². The highest BCUT2D eigenvalue weighted by atomic mass is 32.2. The fourth-order valence-corrected chi connectivity index (χ4v) is 5.06. The number of para-hydroxylation sites is 1. The van der Waals surface area contributed by atoms with Gasteiger partial charge < -0.3 is 14.6 Å². The summed E-state index contributed by atoms with van der Waals surface area (Å²) in [5, 5.41) is 10.7. The third kappa shape index (κ3) is 4.54. The van der Waals surface area contributed by atoms with E-state index in [9.17, 15) is 4.79 Å². The van der Waals surface area contributed by atoms with Crippen LogP contribution in [0.5, 0.6) is 0 Å². The number of aromatic nitrogens is 4. The smallest absolute Gasteiger partial charge is 0.228 e. The van der Waals surface area contributed by atoms with Gasteiger partial charge >= 0.3 is 0 Å². The number of H-pyrrole nitrogens is 1. The number of hydrogen-bond acceptors (Lipinski definition) is 6. The number of ketones is 1. The average molecular weight is 462 g/mol. The summed E-state index contributed by atoms with van der Waals surface area (Å²) < 4.78 is 7.62. The molecule has 0 radical (unpaired) electrons. The Hall–Kier alpha value is -3.10. The van der Waals surface area contributed by atoms with Gasteiger partial charge in [-0.25, -0.2) is 0 Å². The van der Waals surface area contributed by atoms with Crippen molar-refractivity contribution in [1.29, 1.82) is 0 Å². The van der Waals surface area contributed by atoms with E-state index in [4.69, 9.17) is 4.74 Å². The molecule has 4 aromatic rings. The summed E-state index contributed by atoms with van der Waals surface area (Å²) in [6.07, 6.45) is 2.76. The number of ether oxygens (including phenoxy) is 1. The highest BCUT2D eigenvalue weighted by molar-refractivity contribution is 7.99. The van der Waals surface area contributed by atoms with Gasteiger partial charge in [0.15, 0.2) is 10.9 Å². The van der Waals surface area contributed by atoms with Crippen molar-refractivity contribution < 1.29 is 9.53 Å². The van der Waals surface area contributed by atoms with Gasteiger partial charge in [-0.3, -0.25) is 9.36 Å². The molecule has 2 aromatic heterocycles. The molecule has 0 spiro atoms. The molecule has 0 bridgehead atoms. The van der Waals surface area contributed by atoms with E-state index in [0.717, 1.165) is 47.1 Å². The molecule has 7 nitrogen and oxygen atoms in total. The molecule has 0 atom stereocenters. The zero-order valence-corrected chi connectivity index (χ0v) is 19.5. The lowest BCUT2D eigenvalue weighted by Gasteiger charge is -2.28. The number of hydrogen-bond donors (Lipinski definition) is 1. The number of anilines is 1. The number of rotatable bonds is 8. The molecule has 1 saturated heterocycles. The van der Waals surface area contributed by atoms with E-state index in [1.807, 2.05) is 36.5 Å². The lowest BCUT2D eigenvalue weighted by molar-refractivity contribution is 0.102. The van der Waals surface area contributed by atoms with Crippen molar-refractivity contribution >= 4 is 34.4 Å². The Balaban J connectivity index is 1.39. The van der Waals surface area contributed by atoms with Crippen LogP contribution in [0.15, 0.2) is 59.9 Å². The summed E-state index contributed by atoms with van der Waals surface area (Å²) >= 11 is 1.44. The van der Waals surface area contributed by atoms with Gasteiger partial charge in [0.25, 0.3) is 0 Å². The fourth-order valence-electron chi connectivity index (χ4n) is 4.24. The van der Waals surface area contributed by atoms with Gasteiger partial charge in [0.1, 0.15) is 0 Å². The Morgan fingerprint density at radius 3 is 2.70 bits per heavy atom. The molecule has 0 saturated carbocycles. The van der Waals surface area contributed by atoms with Crippen LogP contribution in [-0.2, 0) is 17.7 Å². The van der Waals surface area contributed by atoms with Crippen LogP contribution in [0, 0.1) is 0 Å². The van der Waals surface area contributed by atoms with Crippen LogP contribution in [0.2, 0.25) is 0 Å². The highest BCUT2D eigenvalue weighted by Crippen LogP contribution is 2.27. The van der Waals surface area contributed by atoms with Gasteiger partial charge in [0.05, 0.1) is 25.5 Å². The van der Waals surface area contributed by atoms with Gasteiger partial charge in [0, 0.05) is 35.8 Å². The second kappa shape index (κ2) is 9.80. The summed E-state index contributed by atoms with van der Waals surface area (Å²) in [5.41, 5.74) is 4.17. The van der Waals surface area contributed by atoms with Crippen molar-refractivity contribution in [3.8, 4) is 0 Å². The van der Waals surface area contributed by atoms with Gasteiger partial charge in [-0.1, -0.05) is 67.2 Å². The minimum atomic E-state index is 0.0849. The predicted molar refractivity (Wildman–Crippen MR) is 131 cm³/mol. The zero-order valence-electron chi connectivity index (χ0n) is 18.7. The van der Waals surface area contributed by atoms with Crippen LogP contribution in [-0.4, -0.2) is 57.6 Å². The van der Waals surface area contributed by atoms with Crippen LogP contribution in [0.25, 0.3) is 10.9 Å². The van der Waals surface area contributed by atoms with E-state index in [0.29, 0.717) is 25.5 Å². The SMILES string of the molecule is CCc1cccc2c(C(=O)CSc3nnc(N4CCOCC4)n3Cc3ccccc3)c[nH]c12. The van der Waals surface area contributed by atoms with E-state index in [2.05, 4.69) is 49.8 Å². The van der Waals surface area contributed by atoms with E-state index >= 15 is 0 Å². The van der Waals surface area contributed by atoms with Crippen molar-refractivity contribution in [2.24, 2.45) is 0 Å². The van der Waals surface area contributed by atoms with E-state index in [1.54, 1.807) is 0 Å². The number of aromatic amines is 1. The first-order chi connectivity index (χ1) is 16.2. The first-order valence-corrected chi connectivity index (χ1v) is 12.3. The number of benzene rings is 2. The molecular formula is C25H27N5O2S. The van der Waals surface area contributed by atoms with Gasteiger partial charge in [-0.15, -0.1) is 10.2 Å². The van der Waals surface area contributed by atoms with Crippen LogP contribution < -0.4 is 4.90 Å². The van der Waals surface area contributed by atoms with Gasteiger partial charge in [-0.05, 0) is 17.5 Å². The number of aryl methyl sites for hydroxylation is 1. The fraction of sp³-hybridized carbons (Fsp3) is 0.320. The number of morpholine rings is 1. The quantitative estimate of drug-likeness (QED) is 0.313. The topological polar surface area (TPSA) is 76.0 Å².